The van der Waals surface area contributed by atoms with Crippen molar-refractivity contribution in [3.8, 4) is 0 Å². The number of hydrogen-bond acceptors (Lipinski definition) is 5. The van der Waals surface area contributed by atoms with E-state index in [1.165, 1.54) is 12.7 Å². The molecular weight excluding hydrogens is 266 g/mol. The van der Waals surface area contributed by atoms with Crippen molar-refractivity contribution in [1.82, 2.24) is 14.4 Å². The molecule has 0 saturated carbocycles. The van der Waals surface area contributed by atoms with Crippen LogP contribution >= 0.6 is 0 Å². The molecule has 19 heavy (non-hydrogen) atoms. The third-order valence-electron chi connectivity index (χ3n) is 4.06. The smallest absolute Gasteiger partial charge is 0.220 e. The zero-order valence-corrected chi connectivity index (χ0v) is 11.8. The van der Waals surface area contributed by atoms with Crippen LogP contribution in [0.4, 0.5) is 0 Å². The summed E-state index contributed by atoms with van der Waals surface area (Å²) in [6, 6.07) is 2.03. The Bertz CT molecular complexity index is 528. The molecule has 2 saturated heterocycles. The number of sulfonamides is 1. The molecule has 7 heteroatoms. The number of fused-ring (bicyclic) bond motifs is 1. The van der Waals surface area contributed by atoms with Crippen molar-refractivity contribution in [2.75, 3.05) is 19.6 Å². The first-order valence-corrected chi connectivity index (χ1v) is 8.30. The van der Waals surface area contributed by atoms with E-state index in [0.717, 1.165) is 19.5 Å². The van der Waals surface area contributed by atoms with Gasteiger partial charge in [-0.3, -0.25) is 4.90 Å². The van der Waals surface area contributed by atoms with Crippen molar-refractivity contribution < 1.29 is 12.9 Å². The van der Waals surface area contributed by atoms with Gasteiger partial charge in [-0.15, -0.1) is 0 Å². The van der Waals surface area contributed by atoms with Gasteiger partial charge in [-0.25, -0.2) is 8.42 Å². The maximum Gasteiger partial charge on any atom is 0.220 e. The van der Waals surface area contributed by atoms with Crippen LogP contribution < -0.4 is 0 Å². The van der Waals surface area contributed by atoms with E-state index in [9.17, 15) is 8.42 Å². The first kappa shape index (κ1) is 13.1. The van der Waals surface area contributed by atoms with Crippen LogP contribution in [0.15, 0.2) is 16.9 Å². The average molecular weight is 285 g/mol. The molecule has 3 rings (SSSR count). The first-order valence-electron chi connectivity index (χ1n) is 6.69. The summed E-state index contributed by atoms with van der Waals surface area (Å²) in [6.07, 6.45) is 3.68. The van der Waals surface area contributed by atoms with E-state index < -0.39 is 10.0 Å². The van der Waals surface area contributed by atoms with Gasteiger partial charge >= 0.3 is 0 Å². The van der Waals surface area contributed by atoms with Crippen LogP contribution in [0.2, 0.25) is 0 Å². The van der Waals surface area contributed by atoms with Gasteiger partial charge in [0.2, 0.25) is 10.0 Å². The molecule has 2 atom stereocenters. The van der Waals surface area contributed by atoms with Gasteiger partial charge in [0, 0.05) is 31.2 Å². The van der Waals surface area contributed by atoms with Gasteiger partial charge in [0.25, 0.3) is 0 Å². The highest BCUT2D eigenvalue weighted by Crippen LogP contribution is 2.27. The van der Waals surface area contributed by atoms with Gasteiger partial charge in [0.15, 0.2) is 0 Å². The quantitative estimate of drug-likeness (QED) is 0.816. The SMILES string of the molecule is C[C@@H]1CN2CCC[C@H]2CN1S(=O)(=O)Cc1ccon1. The Morgan fingerprint density at radius 1 is 1.47 bits per heavy atom. The average Bonchev–Trinajstić information content (AvgIpc) is 2.97. The van der Waals surface area contributed by atoms with Crippen molar-refractivity contribution in [1.29, 1.82) is 0 Å². The fourth-order valence-corrected chi connectivity index (χ4v) is 4.83. The highest BCUT2D eigenvalue weighted by atomic mass is 32.2. The molecule has 0 aromatic carbocycles. The summed E-state index contributed by atoms with van der Waals surface area (Å²) in [4.78, 5) is 2.41. The summed E-state index contributed by atoms with van der Waals surface area (Å²) in [7, 11) is -3.31. The zero-order valence-electron chi connectivity index (χ0n) is 11.0. The van der Waals surface area contributed by atoms with Gasteiger partial charge in [-0.2, -0.15) is 4.31 Å². The number of nitrogens with zero attached hydrogens (tertiary/aromatic N) is 3. The molecule has 1 aromatic rings. The molecule has 0 bridgehead atoms. The van der Waals surface area contributed by atoms with Gasteiger partial charge < -0.3 is 4.52 Å². The van der Waals surface area contributed by atoms with E-state index in [4.69, 9.17) is 4.52 Å². The predicted molar refractivity (Wildman–Crippen MR) is 69.9 cm³/mol. The van der Waals surface area contributed by atoms with Crippen molar-refractivity contribution in [2.24, 2.45) is 0 Å². The van der Waals surface area contributed by atoms with Crippen LogP contribution in [0.25, 0.3) is 0 Å². The van der Waals surface area contributed by atoms with Gasteiger partial charge in [-0.1, -0.05) is 5.16 Å². The van der Waals surface area contributed by atoms with Crippen LogP contribution in [0.3, 0.4) is 0 Å². The summed E-state index contributed by atoms with van der Waals surface area (Å²) in [6.45, 7) is 4.53. The molecule has 2 aliphatic rings. The zero-order chi connectivity index (χ0) is 13.5. The summed E-state index contributed by atoms with van der Waals surface area (Å²) in [5.41, 5.74) is 0.473. The molecule has 0 amide bonds. The number of piperazine rings is 1. The maximum atomic E-state index is 12.5. The number of rotatable bonds is 3. The van der Waals surface area contributed by atoms with E-state index in [2.05, 4.69) is 10.1 Å². The number of hydrogen-bond donors (Lipinski definition) is 0. The molecule has 0 N–H and O–H groups in total. The van der Waals surface area contributed by atoms with Crippen molar-refractivity contribution >= 4 is 10.0 Å². The Hall–Kier alpha value is -0.920. The highest BCUT2D eigenvalue weighted by Gasteiger charge is 2.39. The third-order valence-corrected chi connectivity index (χ3v) is 5.94. The molecule has 3 heterocycles. The molecule has 6 nitrogen and oxygen atoms in total. The molecule has 0 radical (unpaired) electrons. The van der Waals surface area contributed by atoms with Crippen LogP contribution in [0.5, 0.6) is 0 Å². The lowest BCUT2D eigenvalue weighted by atomic mass is 10.1. The van der Waals surface area contributed by atoms with Crippen LogP contribution in [0.1, 0.15) is 25.5 Å². The first-order chi connectivity index (χ1) is 9.06. The molecule has 106 valence electrons. The summed E-state index contributed by atoms with van der Waals surface area (Å²) in [5.74, 6) is -0.0689. The second-order valence-electron chi connectivity index (χ2n) is 5.46. The lowest BCUT2D eigenvalue weighted by molar-refractivity contribution is 0.117. The normalized spacial score (nSPS) is 29.5. The lowest BCUT2D eigenvalue weighted by Crippen LogP contribution is -2.56. The van der Waals surface area contributed by atoms with Gasteiger partial charge in [0.05, 0.1) is 5.69 Å². The molecule has 0 spiro atoms. The molecule has 0 unspecified atom stereocenters. The predicted octanol–water partition coefficient (Wildman–Crippen LogP) is 0.673. The molecule has 0 aliphatic carbocycles. The largest absolute Gasteiger partial charge is 0.364 e. The maximum absolute atomic E-state index is 12.5. The molecular formula is C12H19N3O3S. The van der Waals surface area contributed by atoms with Gasteiger partial charge in [0.1, 0.15) is 12.0 Å². The Morgan fingerprint density at radius 3 is 3.05 bits per heavy atom. The van der Waals surface area contributed by atoms with E-state index in [0.29, 0.717) is 18.3 Å². The standard InChI is InChI=1S/C12H19N3O3S/c1-10-7-14-5-2-3-12(14)8-15(10)19(16,17)9-11-4-6-18-13-11/h4,6,10,12H,2-3,5,7-9H2,1H3/t10-,12+/m1/s1. The van der Waals surface area contributed by atoms with Crippen molar-refractivity contribution in [3.05, 3.63) is 18.0 Å². The second-order valence-corrected chi connectivity index (χ2v) is 7.38. The Morgan fingerprint density at radius 2 is 2.32 bits per heavy atom. The van der Waals surface area contributed by atoms with Crippen LogP contribution in [-0.2, 0) is 15.8 Å². The Labute approximate surface area is 113 Å². The minimum atomic E-state index is -3.31. The highest BCUT2D eigenvalue weighted by molar-refractivity contribution is 7.88. The molecule has 2 aliphatic heterocycles. The lowest BCUT2D eigenvalue weighted by Gasteiger charge is -2.41. The van der Waals surface area contributed by atoms with E-state index in [-0.39, 0.29) is 11.8 Å². The van der Waals surface area contributed by atoms with Crippen LogP contribution in [-0.4, -0.2) is 54.5 Å². The van der Waals surface area contributed by atoms with Crippen molar-refractivity contribution in [3.63, 3.8) is 0 Å². The summed E-state index contributed by atoms with van der Waals surface area (Å²) >= 11 is 0. The monoisotopic (exact) mass is 285 g/mol. The van der Waals surface area contributed by atoms with E-state index in [1.54, 1.807) is 10.4 Å². The summed E-state index contributed by atoms with van der Waals surface area (Å²) in [5, 5.41) is 3.70. The van der Waals surface area contributed by atoms with Gasteiger partial charge in [-0.05, 0) is 26.3 Å². The fraction of sp³-hybridized carbons (Fsp3) is 0.750. The summed E-state index contributed by atoms with van der Waals surface area (Å²) < 4.78 is 31.3. The van der Waals surface area contributed by atoms with Crippen molar-refractivity contribution in [2.45, 2.75) is 37.6 Å². The minimum Gasteiger partial charge on any atom is -0.364 e. The minimum absolute atomic E-state index is 0.0336. The van der Waals surface area contributed by atoms with E-state index in [1.807, 2.05) is 6.92 Å². The molecule has 1 aromatic heterocycles. The molecule has 2 fully saturated rings. The Balaban J connectivity index is 1.76. The topological polar surface area (TPSA) is 66.7 Å². The van der Waals surface area contributed by atoms with E-state index >= 15 is 0 Å². The number of aromatic nitrogens is 1. The second kappa shape index (κ2) is 4.88. The van der Waals surface area contributed by atoms with Crippen LogP contribution in [0, 0.1) is 0 Å². The third kappa shape index (κ3) is 2.54. The fourth-order valence-electron chi connectivity index (χ4n) is 3.13. The Kier molecular flexibility index (Phi) is 3.36.